The van der Waals surface area contributed by atoms with E-state index >= 15 is 0 Å². The van der Waals surface area contributed by atoms with Gasteiger partial charge in [0.05, 0.1) is 17.8 Å². The number of ether oxygens (including phenoxy) is 1. The van der Waals surface area contributed by atoms with Crippen molar-refractivity contribution in [3.63, 3.8) is 0 Å². The summed E-state index contributed by atoms with van der Waals surface area (Å²) in [5.74, 6) is 0. The Morgan fingerprint density at radius 1 is 1.42 bits per heavy atom. The average molecular weight is 283 g/mol. The van der Waals surface area contributed by atoms with Gasteiger partial charge in [0.15, 0.2) is 0 Å². The van der Waals surface area contributed by atoms with Crippen LogP contribution >= 0.6 is 11.3 Å². The van der Waals surface area contributed by atoms with Gasteiger partial charge in [0, 0.05) is 50.8 Å². The average Bonchev–Trinajstić information content (AvgIpc) is 2.93. The van der Waals surface area contributed by atoms with Crippen molar-refractivity contribution in [3.8, 4) is 0 Å². The van der Waals surface area contributed by atoms with E-state index in [0.29, 0.717) is 6.04 Å². The van der Waals surface area contributed by atoms with Crippen LogP contribution in [0.5, 0.6) is 0 Å². The third-order valence-corrected chi connectivity index (χ3v) is 4.39. The first-order valence-electron chi connectivity index (χ1n) is 7.24. The lowest BCUT2D eigenvalue weighted by molar-refractivity contribution is 0.0382. The molecule has 1 aromatic rings. The van der Waals surface area contributed by atoms with Crippen LogP contribution < -0.4 is 0 Å². The molecule has 1 aliphatic rings. The first-order chi connectivity index (χ1) is 9.33. The smallest absolute Gasteiger partial charge is 0.0795 e. The van der Waals surface area contributed by atoms with Crippen molar-refractivity contribution < 1.29 is 4.74 Å². The molecule has 4 nitrogen and oxygen atoms in total. The second-order valence-electron chi connectivity index (χ2n) is 5.01. The molecular formula is C14H25N3OS. The Bertz CT molecular complexity index is 344. The summed E-state index contributed by atoms with van der Waals surface area (Å²) in [5.41, 5.74) is 3.13. The largest absolute Gasteiger partial charge is 0.380 e. The van der Waals surface area contributed by atoms with Gasteiger partial charge < -0.3 is 4.74 Å². The lowest BCUT2D eigenvalue weighted by Gasteiger charge is -2.41. The summed E-state index contributed by atoms with van der Waals surface area (Å²) in [4.78, 5) is 9.49. The van der Waals surface area contributed by atoms with Crippen LogP contribution in [0.25, 0.3) is 0 Å². The minimum Gasteiger partial charge on any atom is -0.380 e. The van der Waals surface area contributed by atoms with E-state index in [1.165, 1.54) is 12.1 Å². The molecule has 0 N–H and O–H groups in total. The highest BCUT2D eigenvalue weighted by Crippen LogP contribution is 2.15. The van der Waals surface area contributed by atoms with Crippen LogP contribution in [0.3, 0.4) is 0 Å². The molecule has 0 unspecified atom stereocenters. The molecule has 0 aromatic carbocycles. The van der Waals surface area contributed by atoms with Crippen molar-refractivity contribution in [2.24, 2.45) is 0 Å². The Morgan fingerprint density at radius 2 is 2.32 bits per heavy atom. The van der Waals surface area contributed by atoms with Gasteiger partial charge in [-0.2, -0.15) is 0 Å². The molecule has 0 radical (unpaired) electrons. The molecule has 19 heavy (non-hydrogen) atoms. The van der Waals surface area contributed by atoms with Gasteiger partial charge in [-0.15, -0.1) is 11.3 Å². The Morgan fingerprint density at radius 3 is 3.00 bits per heavy atom. The molecule has 108 valence electrons. The third-order valence-electron chi connectivity index (χ3n) is 3.76. The van der Waals surface area contributed by atoms with E-state index in [4.69, 9.17) is 4.74 Å². The zero-order valence-corrected chi connectivity index (χ0v) is 12.9. The fourth-order valence-electron chi connectivity index (χ4n) is 2.65. The summed E-state index contributed by atoms with van der Waals surface area (Å²) in [6.07, 6.45) is 1.21. The van der Waals surface area contributed by atoms with Crippen LogP contribution in [0.1, 0.15) is 26.0 Å². The number of piperazine rings is 1. The minimum atomic E-state index is 0.660. The summed E-state index contributed by atoms with van der Waals surface area (Å²) in [6.45, 7) is 11.5. The number of thiazole rings is 1. The maximum absolute atomic E-state index is 5.48. The maximum Gasteiger partial charge on any atom is 0.0795 e. The van der Waals surface area contributed by atoms with Gasteiger partial charge in [0.25, 0.3) is 0 Å². The van der Waals surface area contributed by atoms with Crippen molar-refractivity contribution in [1.29, 1.82) is 0 Å². The fourth-order valence-corrected chi connectivity index (χ4v) is 3.20. The number of hydrogen-bond donors (Lipinski definition) is 0. The molecule has 0 saturated carbocycles. The van der Waals surface area contributed by atoms with E-state index in [-0.39, 0.29) is 0 Å². The normalized spacial score (nSPS) is 21.9. The van der Waals surface area contributed by atoms with Crippen LogP contribution in [-0.4, -0.2) is 60.2 Å². The van der Waals surface area contributed by atoms with E-state index < -0.39 is 0 Å². The summed E-state index contributed by atoms with van der Waals surface area (Å²) in [6, 6.07) is 0.660. The van der Waals surface area contributed by atoms with Crippen LogP contribution in [0.4, 0.5) is 0 Å². The third kappa shape index (κ3) is 4.53. The van der Waals surface area contributed by atoms with Gasteiger partial charge in [-0.1, -0.05) is 6.92 Å². The molecule has 1 aliphatic heterocycles. The highest BCUT2D eigenvalue weighted by molar-refractivity contribution is 7.07. The van der Waals surface area contributed by atoms with E-state index in [0.717, 1.165) is 45.9 Å². The molecule has 1 atom stereocenters. The predicted molar refractivity (Wildman–Crippen MR) is 79.5 cm³/mol. The van der Waals surface area contributed by atoms with Crippen molar-refractivity contribution in [2.75, 3.05) is 39.4 Å². The monoisotopic (exact) mass is 283 g/mol. The van der Waals surface area contributed by atoms with Crippen molar-refractivity contribution in [2.45, 2.75) is 32.9 Å². The number of aromatic nitrogens is 1. The van der Waals surface area contributed by atoms with Gasteiger partial charge in [0.2, 0.25) is 0 Å². The van der Waals surface area contributed by atoms with E-state index in [2.05, 4.69) is 34.0 Å². The summed E-state index contributed by atoms with van der Waals surface area (Å²) in [5, 5.41) is 2.16. The SMILES string of the molecule is CCOCCN1CCN(Cc2cscn2)C[C@H]1CC. The maximum atomic E-state index is 5.48. The van der Waals surface area contributed by atoms with Crippen LogP contribution in [0.2, 0.25) is 0 Å². The number of nitrogens with zero attached hydrogens (tertiary/aromatic N) is 3. The van der Waals surface area contributed by atoms with E-state index in [1.807, 2.05) is 5.51 Å². The second kappa shape index (κ2) is 7.94. The van der Waals surface area contributed by atoms with Crippen molar-refractivity contribution in [1.82, 2.24) is 14.8 Å². The molecule has 0 bridgehead atoms. The first kappa shape index (κ1) is 14.9. The molecule has 5 heteroatoms. The topological polar surface area (TPSA) is 28.6 Å². The Balaban J connectivity index is 1.79. The summed E-state index contributed by atoms with van der Waals surface area (Å²) in [7, 11) is 0. The van der Waals surface area contributed by atoms with Crippen molar-refractivity contribution in [3.05, 3.63) is 16.6 Å². The van der Waals surface area contributed by atoms with Crippen LogP contribution in [0.15, 0.2) is 10.9 Å². The fraction of sp³-hybridized carbons (Fsp3) is 0.786. The van der Waals surface area contributed by atoms with Crippen molar-refractivity contribution >= 4 is 11.3 Å². The molecule has 2 heterocycles. The van der Waals surface area contributed by atoms with Gasteiger partial charge in [-0.05, 0) is 13.3 Å². The number of rotatable bonds is 7. The molecule has 0 aliphatic carbocycles. The minimum absolute atomic E-state index is 0.660. The zero-order chi connectivity index (χ0) is 13.5. The standard InChI is InChI=1S/C14H25N3OS/c1-3-14-10-16(9-13-11-19-12-15-13)5-6-17(14)7-8-18-4-2/h11-12,14H,3-10H2,1-2H3/t14-/m1/s1. The molecule has 0 amide bonds. The van der Waals surface area contributed by atoms with E-state index in [9.17, 15) is 0 Å². The first-order valence-corrected chi connectivity index (χ1v) is 8.19. The van der Waals surface area contributed by atoms with Crippen LogP contribution in [-0.2, 0) is 11.3 Å². The van der Waals surface area contributed by atoms with Gasteiger partial charge >= 0.3 is 0 Å². The van der Waals surface area contributed by atoms with Crippen LogP contribution in [0, 0.1) is 0 Å². The molecule has 1 saturated heterocycles. The van der Waals surface area contributed by atoms with E-state index in [1.54, 1.807) is 11.3 Å². The predicted octanol–water partition coefficient (Wildman–Crippen LogP) is 2.08. The molecule has 2 rings (SSSR count). The highest BCUT2D eigenvalue weighted by Gasteiger charge is 2.25. The second-order valence-corrected chi connectivity index (χ2v) is 5.73. The Labute approximate surface area is 120 Å². The molecule has 1 aromatic heterocycles. The Hall–Kier alpha value is -0.490. The quantitative estimate of drug-likeness (QED) is 0.716. The lowest BCUT2D eigenvalue weighted by Crippen LogP contribution is -2.53. The summed E-state index contributed by atoms with van der Waals surface area (Å²) < 4.78 is 5.48. The van der Waals surface area contributed by atoms with Gasteiger partial charge in [0.1, 0.15) is 0 Å². The molecule has 1 fully saturated rings. The molecule has 0 spiro atoms. The number of hydrogen-bond acceptors (Lipinski definition) is 5. The highest BCUT2D eigenvalue weighted by atomic mass is 32.1. The molecular weight excluding hydrogens is 258 g/mol. The lowest BCUT2D eigenvalue weighted by atomic mass is 10.1. The van der Waals surface area contributed by atoms with Gasteiger partial charge in [-0.25, -0.2) is 4.98 Å². The zero-order valence-electron chi connectivity index (χ0n) is 12.0. The van der Waals surface area contributed by atoms with Gasteiger partial charge in [-0.3, -0.25) is 9.80 Å². The summed E-state index contributed by atoms with van der Waals surface area (Å²) >= 11 is 1.68. The Kier molecular flexibility index (Phi) is 6.23.